The molecular weight excluding hydrogens is 172 g/mol. The quantitative estimate of drug-likeness (QED) is 0.603. The van der Waals surface area contributed by atoms with E-state index in [0.717, 1.165) is 31.3 Å². The maximum atomic E-state index is 8.39. The van der Waals surface area contributed by atoms with E-state index in [1.807, 2.05) is 0 Å². The second-order valence-electron chi connectivity index (χ2n) is 4.30. The molecular formula is C12H22N2. The zero-order chi connectivity index (χ0) is 10.2. The first kappa shape index (κ1) is 11.5. The highest BCUT2D eigenvalue weighted by molar-refractivity contribution is 4.86. The van der Waals surface area contributed by atoms with Crippen molar-refractivity contribution in [3.8, 4) is 6.07 Å². The minimum absolute atomic E-state index is 0.712. The molecule has 0 aromatic rings. The van der Waals surface area contributed by atoms with Gasteiger partial charge in [-0.1, -0.05) is 13.3 Å². The van der Waals surface area contributed by atoms with Gasteiger partial charge in [-0.25, -0.2) is 0 Å². The van der Waals surface area contributed by atoms with Gasteiger partial charge in [-0.3, -0.25) is 0 Å². The third-order valence-corrected chi connectivity index (χ3v) is 2.91. The van der Waals surface area contributed by atoms with E-state index in [-0.39, 0.29) is 0 Å². The Labute approximate surface area is 87.7 Å². The van der Waals surface area contributed by atoms with Crippen LogP contribution in [-0.4, -0.2) is 12.6 Å². The van der Waals surface area contributed by atoms with Crippen LogP contribution in [0.5, 0.6) is 0 Å². The molecule has 1 fully saturated rings. The van der Waals surface area contributed by atoms with Crippen molar-refractivity contribution in [2.45, 2.75) is 57.9 Å². The summed E-state index contributed by atoms with van der Waals surface area (Å²) in [5, 5.41) is 12.0. The SMILES string of the molecule is CCCC(NCCCCC#N)C1CC1. The van der Waals surface area contributed by atoms with Gasteiger partial charge in [-0.05, 0) is 44.6 Å². The topological polar surface area (TPSA) is 35.8 Å². The van der Waals surface area contributed by atoms with Crippen molar-refractivity contribution in [2.24, 2.45) is 5.92 Å². The Morgan fingerprint density at radius 3 is 2.79 bits per heavy atom. The van der Waals surface area contributed by atoms with Gasteiger partial charge in [-0.2, -0.15) is 5.26 Å². The summed E-state index contributed by atoms with van der Waals surface area (Å²) in [6.07, 6.45) is 8.37. The fourth-order valence-electron chi connectivity index (χ4n) is 1.93. The summed E-state index contributed by atoms with van der Waals surface area (Å²) in [6, 6.07) is 2.95. The lowest BCUT2D eigenvalue weighted by Gasteiger charge is -2.16. The molecule has 1 saturated carbocycles. The van der Waals surface area contributed by atoms with Crippen molar-refractivity contribution in [1.29, 1.82) is 5.26 Å². The molecule has 0 aliphatic heterocycles. The Kier molecular flexibility index (Phi) is 5.63. The molecule has 0 aromatic heterocycles. The van der Waals surface area contributed by atoms with E-state index in [4.69, 9.17) is 5.26 Å². The number of nitrogens with zero attached hydrogens (tertiary/aromatic N) is 1. The second kappa shape index (κ2) is 6.84. The van der Waals surface area contributed by atoms with Crippen LogP contribution in [0.25, 0.3) is 0 Å². The van der Waals surface area contributed by atoms with Gasteiger partial charge in [0.25, 0.3) is 0 Å². The summed E-state index contributed by atoms with van der Waals surface area (Å²) in [6.45, 7) is 3.36. The smallest absolute Gasteiger partial charge is 0.0621 e. The van der Waals surface area contributed by atoms with Crippen LogP contribution < -0.4 is 5.32 Å². The predicted octanol–water partition coefficient (Wildman–Crippen LogP) is 2.85. The molecule has 2 nitrogen and oxygen atoms in total. The molecule has 0 bridgehead atoms. The van der Waals surface area contributed by atoms with E-state index in [9.17, 15) is 0 Å². The lowest BCUT2D eigenvalue weighted by molar-refractivity contribution is 0.425. The Morgan fingerprint density at radius 2 is 2.21 bits per heavy atom. The summed E-state index contributed by atoms with van der Waals surface area (Å²) < 4.78 is 0. The van der Waals surface area contributed by atoms with Crippen molar-refractivity contribution in [3.05, 3.63) is 0 Å². The van der Waals surface area contributed by atoms with E-state index in [1.165, 1.54) is 25.7 Å². The summed E-state index contributed by atoms with van der Waals surface area (Å²) >= 11 is 0. The van der Waals surface area contributed by atoms with Gasteiger partial charge in [0.1, 0.15) is 0 Å². The minimum atomic E-state index is 0.712. The lowest BCUT2D eigenvalue weighted by atomic mass is 10.1. The second-order valence-corrected chi connectivity index (χ2v) is 4.30. The molecule has 0 heterocycles. The maximum absolute atomic E-state index is 8.39. The third kappa shape index (κ3) is 4.62. The van der Waals surface area contributed by atoms with Gasteiger partial charge < -0.3 is 5.32 Å². The number of unbranched alkanes of at least 4 members (excludes halogenated alkanes) is 2. The summed E-state index contributed by atoms with van der Waals surface area (Å²) in [4.78, 5) is 0. The fourth-order valence-corrected chi connectivity index (χ4v) is 1.93. The molecule has 0 saturated heterocycles. The van der Waals surface area contributed by atoms with E-state index < -0.39 is 0 Å². The molecule has 0 radical (unpaired) electrons. The number of rotatable bonds is 8. The number of nitriles is 1. The molecule has 80 valence electrons. The molecule has 1 aliphatic carbocycles. The average molecular weight is 194 g/mol. The minimum Gasteiger partial charge on any atom is -0.314 e. The van der Waals surface area contributed by atoms with Crippen molar-refractivity contribution in [2.75, 3.05) is 6.54 Å². The molecule has 1 atom stereocenters. The first-order chi connectivity index (χ1) is 6.88. The Balaban J connectivity index is 1.99. The zero-order valence-electron chi connectivity index (χ0n) is 9.26. The van der Waals surface area contributed by atoms with Crippen LogP contribution in [-0.2, 0) is 0 Å². The van der Waals surface area contributed by atoms with Crippen LogP contribution in [0.2, 0.25) is 0 Å². The standard InChI is InChI=1S/C12H22N2/c1-2-6-12(11-7-8-11)14-10-5-3-4-9-13/h11-12,14H,2-8,10H2,1H3. The van der Waals surface area contributed by atoms with Gasteiger partial charge >= 0.3 is 0 Å². The monoisotopic (exact) mass is 194 g/mol. The number of hydrogen-bond donors (Lipinski definition) is 1. The largest absolute Gasteiger partial charge is 0.314 e. The van der Waals surface area contributed by atoms with Gasteiger partial charge in [0.05, 0.1) is 6.07 Å². The summed E-state index contributed by atoms with van der Waals surface area (Å²) in [5.74, 6) is 0.964. The van der Waals surface area contributed by atoms with Crippen LogP contribution in [0.3, 0.4) is 0 Å². The van der Waals surface area contributed by atoms with Crippen LogP contribution >= 0.6 is 0 Å². The van der Waals surface area contributed by atoms with E-state index >= 15 is 0 Å². The molecule has 14 heavy (non-hydrogen) atoms. The predicted molar refractivity (Wildman–Crippen MR) is 58.9 cm³/mol. The molecule has 1 aliphatic rings. The summed E-state index contributed by atoms with van der Waals surface area (Å²) in [5.41, 5.74) is 0. The van der Waals surface area contributed by atoms with Gasteiger partial charge in [0.15, 0.2) is 0 Å². The molecule has 0 amide bonds. The highest BCUT2D eigenvalue weighted by atomic mass is 14.9. The number of hydrogen-bond acceptors (Lipinski definition) is 2. The highest BCUT2D eigenvalue weighted by Gasteiger charge is 2.29. The van der Waals surface area contributed by atoms with E-state index in [0.29, 0.717) is 6.42 Å². The van der Waals surface area contributed by atoms with Crippen molar-refractivity contribution in [3.63, 3.8) is 0 Å². The van der Waals surface area contributed by atoms with Gasteiger partial charge in [0, 0.05) is 12.5 Å². The first-order valence-corrected chi connectivity index (χ1v) is 5.98. The highest BCUT2D eigenvalue weighted by Crippen LogP contribution is 2.34. The molecule has 1 rings (SSSR count). The molecule has 0 spiro atoms. The fraction of sp³-hybridized carbons (Fsp3) is 0.917. The van der Waals surface area contributed by atoms with Crippen molar-refractivity contribution in [1.82, 2.24) is 5.32 Å². The Bertz CT molecular complexity index is 179. The number of nitrogens with one attached hydrogen (secondary N) is 1. The molecule has 2 heteroatoms. The summed E-state index contributed by atoms with van der Waals surface area (Å²) in [7, 11) is 0. The van der Waals surface area contributed by atoms with Crippen LogP contribution in [0, 0.1) is 17.2 Å². The Morgan fingerprint density at radius 1 is 1.43 bits per heavy atom. The molecule has 1 unspecified atom stereocenters. The van der Waals surface area contributed by atoms with Crippen LogP contribution in [0.15, 0.2) is 0 Å². The van der Waals surface area contributed by atoms with Crippen molar-refractivity contribution < 1.29 is 0 Å². The van der Waals surface area contributed by atoms with Crippen LogP contribution in [0.1, 0.15) is 51.9 Å². The molecule has 0 aromatic carbocycles. The van der Waals surface area contributed by atoms with Gasteiger partial charge in [-0.15, -0.1) is 0 Å². The normalized spacial score (nSPS) is 17.7. The first-order valence-electron chi connectivity index (χ1n) is 5.98. The lowest BCUT2D eigenvalue weighted by Crippen LogP contribution is -2.31. The van der Waals surface area contributed by atoms with E-state index in [1.54, 1.807) is 0 Å². The van der Waals surface area contributed by atoms with E-state index in [2.05, 4.69) is 18.3 Å². The van der Waals surface area contributed by atoms with Gasteiger partial charge in [0.2, 0.25) is 0 Å². The average Bonchev–Trinajstić information content (AvgIpc) is 2.99. The zero-order valence-corrected chi connectivity index (χ0v) is 9.26. The Hall–Kier alpha value is -0.550. The van der Waals surface area contributed by atoms with Crippen molar-refractivity contribution >= 4 is 0 Å². The maximum Gasteiger partial charge on any atom is 0.0621 e. The molecule has 1 N–H and O–H groups in total. The third-order valence-electron chi connectivity index (χ3n) is 2.91. The van der Waals surface area contributed by atoms with Crippen LogP contribution in [0.4, 0.5) is 0 Å².